The summed E-state index contributed by atoms with van der Waals surface area (Å²) in [6, 6.07) is 11.5. The Labute approximate surface area is 182 Å². The predicted molar refractivity (Wildman–Crippen MR) is 122 cm³/mol. The van der Waals surface area contributed by atoms with E-state index >= 15 is 0 Å². The van der Waals surface area contributed by atoms with Crippen molar-refractivity contribution in [3.63, 3.8) is 0 Å². The van der Waals surface area contributed by atoms with Gasteiger partial charge in [0.15, 0.2) is 0 Å². The minimum absolute atomic E-state index is 0.205. The Morgan fingerprint density at radius 1 is 1.19 bits per heavy atom. The summed E-state index contributed by atoms with van der Waals surface area (Å²) in [6.07, 6.45) is 6.02. The van der Waals surface area contributed by atoms with Gasteiger partial charge in [0.1, 0.15) is 0 Å². The molecule has 1 fully saturated rings. The van der Waals surface area contributed by atoms with Crippen LogP contribution in [0.25, 0.3) is 10.9 Å². The predicted octanol–water partition coefficient (Wildman–Crippen LogP) is 4.55. The van der Waals surface area contributed by atoms with E-state index in [2.05, 4.69) is 5.32 Å². The van der Waals surface area contributed by atoms with Crippen LogP contribution in [-0.2, 0) is 5.60 Å². The summed E-state index contributed by atoms with van der Waals surface area (Å²) in [5, 5.41) is 28.8. The first kappa shape index (κ1) is 21.5. The molecule has 0 unspecified atom stereocenters. The number of aliphatic hydroxyl groups excluding tert-OH is 1. The van der Waals surface area contributed by atoms with Gasteiger partial charge >= 0.3 is 0 Å². The fourth-order valence-electron chi connectivity index (χ4n) is 4.46. The van der Waals surface area contributed by atoms with E-state index in [1.165, 1.54) is 0 Å². The first-order valence-corrected chi connectivity index (χ1v) is 11.0. The molecule has 1 saturated carbocycles. The van der Waals surface area contributed by atoms with Gasteiger partial charge in [-0.05, 0) is 76.6 Å². The molecule has 3 N–H and O–H groups in total. The minimum atomic E-state index is -1.13. The summed E-state index contributed by atoms with van der Waals surface area (Å²) < 4.78 is 2.01. The van der Waals surface area contributed by atoms with Gasteiger partial charge in [-0.25, -0.2) is 0 Å². The third-order valence-corrected chi connectivity index (χ3v) is 6.30. The van der Waals surface area contributed by atoms with E-state index in [1.807, 2.05) is 48.1 Å². The van der Waals surface area contributed by atoms with Crippen molar-refractivity contribution < 1.29 is 15.0 Å². The Kier molecular flexibility index (Phi) is 5.86. The molecule has 0 bridgehead atoms. The van der Waals surface area contributed by atoms with Crippen molar-refractivity contribution in [2.75, 3.05) is 11.9 Å². The third-order valence-electron chi connectivity index (χ3n) is 6.30. The summed E-state index contributed by atoms with van der Waals surface area (Å²) in [6.45, 7) is 5.63. The summed E-state index contributed by atoms with van der Waals surface area (Å²) >= 11 is 0. The number of rotatable bonds is 5. The number of aliphatic hydroxyl groups is 2. The van der Waals surface area contributed by atoms with Crippen molar-refractivity contribution in [1.82, 2.24) is 9.78 Å². The van der Waals surface area contributed by atoms with E-state index in [0.717, 1.165) is 42.1 Å². The number of hydrogen-bond acceptors (Lipinski definition) is 4. The van der Waals surface area contributed by atoms with Crippen molar-refractivity contribution in [2.45, 2.75) is 58.1 Å². The number of fused-ring (bicyclic) bond motifs is 1. The molecular formula is C25H31N3O3. The Morgan fingerprint density at radius 3 is 2.58 bits per heavy atom. The van der Waals surface area contributed by atoms with Crippen LogP contribution in [0.4, 0.5) is 5.69 Å². The molecule has 0 atom stereocenters. The molecule has 4 rings (SSSR count). The Hall–Kier alpha value is -2.70. The molecule has 0 radical (unpaired) electrons. The van der Waals surface area contributed by atoms with E-state index in [0.29, 0.717) is 28.8 Å². The number of aromatic nitrogens is 2. The van der Waals surface area contributed by atoms with Crippen LogP contribution in [0, 0.1) is 12.8 Å². The zero-order valence-corrected chi connectivity index (χ0v) is 18.4. The van der Waals surface area contributed by atoms with Gasteiger partial charge in [-0.2, -0.15) is 5.10 Å². The lowest BCUT2D eigenvalue weighted by Crippen LogP contribution is -2.21. The quantitative estimate of drug-likeness (QED) is 0.564. The van der Waals surface area contributed by atoms with Crippen molar-refractivity contribution in [1.29, 1.82) is 0 Å². The van der Waals surface area contributed by atoms with Gasteiger partial charge in [-0.15, -0.1) is 0 Å². The smallest absolute Gasteiger partial charge is 0.255 e. The average molecular weight is 422 g/mol. The van der Waals surface area contributed by atoms with E-state index in [4.69, 9.17) is 5.10 Å². The molecule has 31 heavy (non-hydrogen) atoms. The SMILES string of the molecule is Cc1cccc(C(=O)Nc2cc3cn(C4CCC(CO)CC4)nc3cc2C(C)(C)O)c1. The van der Waals surface area contributed by atoms with E-state index in [-0.39, 0.29) is 12.5 Å². The lowest BCUT2D eigenvalue weighted by molar-refractivity contribution is 0.0794. The Morgan fingerprint density at radius 2 is 1.94 bits per heavy atom. The van der Waals surface area contributed by atoms with Crippen LogP contribution < -0.4 is 5.32 Å². The number of benzene rings is 2. The summed E-state index contributed by atoms with van der Waals surface area (Å²) in [4.78, 5) is 12.9. The normalized spacial score (nSPS) is 19.5. The number of amides is 1. The van der Waals surface area contributed by atoms with Gasteiger partial charge in [-0.1, -0.05) is 17.7 Å². The van der Waals surface area contributed by atoms with Crippen LogP contribution >= 0.6 is 0 Å². The zero-order chi connectivity index (χ0) is 22.2. The molecule has 3 aromatic rings. The number of nitrogens with zero attached hydrogens (tertiary/aromatic N) is 2. The fourth-order valence-corrected chi connectivity index (χ4v) is 4.46. The second-order valence-electron chi connectivity index (χ2n) is 9.31. The molecule has 164 valence electrons. The van der Waals surface area contributed by atoms with Crippen LogP contribution in [0.3, 0.4) is 0 Å². The van der Waals surface area contributed by atoms with Crippen molar-refractivity contribution in [3.8, 4) is 0 Å². The molecule has 1 aromatic heterocycles. The molecule has 1 aliphatic carbocycles. The minimum Gasteiger partial charge on any atom is -0.396 e. The largest absolute Gasteiger partial charge is 0.396 e. The summed E-state index contributed by atoms with van der Waals surface area (Å²) in [5.74, 6) is 0.190. The van der Waals surface area contributed by atoms with Crippen LogP contribution in [-0.4, -0.2) is 32.5 Å². The summed E-state index contributed by atoms with van der Waals surface area (Å²) in [5.41, 5.74) is 2.49. The second kappa shape index (κ2) is 8.44. The number of anilines is 1. The number of carbonyl (C=O) groups excluding carboxylic acids is 1. The highest BCUT2D eigenvalue weighted by molar-refractivity contribution is 6.05. The van der Waals surface area contributed by atoms with Crippen molar-refractivity contribution in [2.24, 2.45) is 5.92 Å². The van der Waals surface area contributed by atoms with Crippen LogP contribution in [0.2, 0.25) is 0 Å². The van der Waals surface area contributed by atoms with Crippen LogP contribution in [0.1, 0.15) is 67.1 Å². The first-order valence-electron chi connectivity index (χ1n) is 11.0. The van der Waals surface area contributed by atoms with Gasteiger partial charge in [0.25, 0.3) is 5.91 Å². The average Bonchev–Trinajstić information content (AvgIpc) is 3.15. The highest BCUT2D eigenvalue weighted by Crippen LogP contribution is 2.35. The monoisotopic (exact) mass is 421 g/mol. The molecule has 1 heterocycles. The molecule has 1 amide bonds. The Bertz CT molecular complexity index is 1090. The highest BCUT2D eigenvalue weighted by atomic mass is 16.3. The Balaban J connectivity index is 1.66. The lowest BCUT2D eigenvalue weighted by Gasteiger charge is -2.27. The zero-order valence-electron chi connectivity index (χ0n) is 18.4. The van der Waals surface area contributed by atoms with E-state index < -0.39 is 5.60 Å². The lowest BCUT2D eigenvalue weighted by atomic mass is 9.87. The fraction of sp³-hybridized carbons (Fsp3) is 0.440. The first-order chi connectivity index (χ1) is 14.7. The maximum atomic E-state index is 12.9. The molecular weight excluding hydrogens is 390 g/mol. The second-order valence-corrected chi connectivity index (χ2v) is 9.31. The topological polar surface area (TPSA) is 87.4 Å². The molecule has 0 saturated heterocycles. The third kappa shape index (κ3) is 4.65. The van der Waals surface area contributed by atoms with Gasteiger partial charge in [0.2, 0.25) is 0 Å². The number of carbonyl (C=O) groups is 1. The maximum Gasteiger partial charge on any atom is 0.255 e. The van der Waals surface area contributed by atoms with Gasteiger partial charge < -0.3 is 15.5 Å². The van der Waals surface area contributed by atoms with Crippen molar-refractivity contribution in [3.05, 3.63) is 59.3 Å². The van der Waals surface area contributed by atoms with Gasteiger partial charge in [0, 0.05) is 35.0 Å². The number of hydrogen-bond donors (Lipinski definition) is 3. The molecule has 0 aliphatic heterocycles. The number of aryl methyl sites for hydroxylation is 1. The number of nitrogens with one attached hydrogen (secondary N) is 1. The molecule has 1 aliphatic rings. The standard InChI is InChI=1S/C25H31N3O3/c1-16-5-4-6-18(11-16)24(30)26-23-12-19-14-28(20-9-7-17(15-29)8-10-20)27-22(19)13-21(23)25(2,3)31/h4-6,11-14,17,20,29,31H,7-10,15H2,1-3H3,(H,26,30). The molecule has 0 spiro atoms. The molecule has 2 aromatic carbocycles. The van der Waals surface area contributed by atoms with Crippen LogP contribution in [0.5, 0.6) is 0 Å². The van der Waals surface area contributed by atoms with E-state index in [9.17, 15) is 15.0 Å². The highest BCUT2D eigenvalue weighted by Gasteiger charge is 2.25. The van der Waals surface area contributed by atoms with Gasteiger partial charge in [-0.3, -0.25) is 9.48 Å². The van der Waals surface area contributed by atoms with Crippen molar-refractivity contribution >= 4 is 22.5 Å². The molecule has 6 nitrogen and oxygen atoms in total. The summed E-state index contributed by atoms with van der Waals surface area (Å²) in [7, 11) is 0. The maximum absolute atomic E-state index is 12.9. The van der Waals surface area contributed by atoms with Gasteiger partial charge in [0.05, 0.1) is 17.2 Å². The van der Waals surface area contributed by atoms with E-state index in [1.54, 1.807) is 19.9 Å². The van der Waals surface area contributed by atoms with Crippen LogP contribution in [0.15, 0.2) is 42.6 Å². The molecule has 6 heteroatoms.